The molecule has 1 heterocycles. The summed E-state index contributed by atoms with van der Waals surface area (Å²) in [6, 6.07) is 9.12. The molecule has 0 aliphatic heterocycles. The van der Waals surface area contributed by atoms with Crippen molar-refractivity contribution < 1.29 is 4.39 Å². The Balaban J connectivity index is 2.59. The van der Waals surface area contributed by atoms with Crippen LogP contribution >= 0.6 is 0 Å². The number of nitrogens with zero attached hydrogens (tertiary/aromatic N) is 2. The molecule has 3 heteroatoms. The third-order valence-electron chi connectivity index (χ3n) is 2.23. The highest BCUT2D eigenvalue weighted by Gasteiger charge is 2.05. The van der Waals surface area contributed by atoms with Crippen LogP contribution in [0, 0.1) is 19.8 Å². The summed E-state index contributed by atoms with van der Waals surface area (Å²) in [4.78, 5) is 7.83. The lowest BCUT2D eigenvalue weighted by Crippen LogP contribution is -1.95. The van der Waals surface area contributed by atoms with Crippen LogP contribution in [0.1, 0.15) is 11.4 Å². The van der Waals surface area contributed by atoms with Crippen LogP contribution < -0.4 is 0 Å². The van der Waals surface area contributed by atoms with Crippen molar-refractivity contribution in [3.05, 3.63) is 47.7 Å². The van der Waals surface area contributed by atoms with Gasteiger partial charge in [0, 0.05) is 11.6 Å². The lowest BCUT2D eigenvalue weighted by Gasteiger charge is -2.05. The molecule has 1 aromatic heterocycles. The first-order valence-electron chi connectivity index (χ1n) is 4.74. The molecule has 0 aliphatic rings. The maximum atomic E-state index is 13.1. The lowest BCUT2D eigenvalue weighted by atomic mass is 10.1. The summed E-state index contributed by atoms with van der Waals surface area (Å²) in [5.41, 5.74) is 2.66. The first-order chi connectivity index (χ1) is 7.16. The lowest BCUT2D eigenvalue weighted by molar-refractivity contribution is 0.575. The van der Waals surface area contributed by atoms with Crippen molar-refractivity contribution in [2.45, 2.75) is 13.8 Å². The smallest absolute Gasteiger partial charge is 0.216 e. The molecule has 0 N–H and O–H groups in total. The van der Waals surface area contributed by atoms with Crippen LogP contribution in [-0.2, 0) is 0 Å². The van der Waals surface area contributed by atoms with E-state index in [-0.39, 0.29) is 0 Å². The maximum absolute atomic E-state index is 13.1. The number of aryl methyl sites for hydroxylation is 2. The molecule has 2 nitrogen and oxygen atoms in total. The summed E-state index contributed by atoms with van der Waals surface area (Å²) in [7, 11) is 0. The molecule has 0 saturated carbocycles. The van der Waals surface area contributed by atoms with Gasteiger partial charge in [-0.25, -0.2) is 9.97 Å². The van der Waals surface area contributed by atoms with Crippen molar-refractivity contribution in [1.82, 2.24) is 9.97 Å². The summed E-state index contributed by atoms with van der Waals surface area (Å²) >= 11 is 0. The summed E-state index contributed by atoms with van der Waals surface area (Å²) in [6.45, 7) is 3.66. The van der Waals surface area contributed by atoms with E-state index in [4.69, 9.17) is 0 Å². The molecule has 0 aliphatic carbocycles. The van der Waals surface area contributed by atoms with Crippen molar-refractivity contribution >= 4 is 0 Å². The zero-order valence-corrected chi connectivity index (χ0v) is 8.66. The van der Waals surface area contributed by atoms with E-state index in [1.54, 1.807) is 6.92 Å². The monoisotopic (exact) mass is 202 g/mol. The molecular weight excluding hydrogens is 191 g/mol. The van der Waals surface area contributed by atoms with Crippen molar-refractivity contribution in [2.75, 3.05) is 0 Å². The minimum absolute atomic E-state index is 0.452. The number of hydrogen-bond acceptors (Lipinski definition) is 2. The quantitative estimate of drug-likeness (QED) is 0.664. The van der Waals surface area contributed by atoms with E-state index in [1.807, 2.05) is 31.2 Å². The van der Waals surface area contributed by atoms with Crippen molar-refractivity contribution in [3.8, 4) is 11.3 Å². The van der Waals surface area contributed by atoms with Gasteiger partial charge >= 0.3 is 0 Å². The molecule has 1 aromatic carbocycles. The van der Waals surface area contributed by atoms with Crippen molar-refractivity contribution in [3.63, 3.8) is 0 Å². The molecule has 2 rings (SSSR count). The first-order valence-corrected chi connectivity index (χ1v) is 4.74. The summed E-state index contributed by atoms with van der Waals surface area (Å²) in [5.74, 6) is -0.0333. The van der Waals surface area contributed by atoms with Gasteiger partial charge in [0.05, 0.1) is 5.69 Å². The van der Waals surface area contributed by atoms with Crippen LogP contribution in [0.3, 0.4) is 0 Å². The zero-order valence-electron chi connectivity index (χ0n) is 8.66. The van der Waals surface area contributed by atoms with E-state index in [1.165, 1.54) is 6.07 Å². The second-order valence-corrected chi connectivity index (χ2v) is 3.44. The Labute approximate surface area is 87.8 Å². The highest BCUT2D eigenvalue weighted by Crippen LogP contribution is 2.21. The Hall–Kier alpha value is -1.77. The van der Waals surface area contributed by atoms with Gasteiger partial charge < -0.3 is 0 Å². The molecule has 0 atom stereocenters. The van der Waals surface area contributed by atoms with Crippen LogP contribution in [-0.4, -0.2) is 9.97 Å². The standard InChI is InChI=1S/C12H11FN2/c1-8-5-3-4-6-10(8)11-7-12(13)15-9(2)14-11/h3-7H,1-2H3. The average Bonchev–Trinajstić information content (AvgIpc) is 2.16. The number of rotatable bonds is 1. The predicted molar refractivity (Wildman–Crippen MR) is 56.9 cm³/mol. The highest BCUT2D eigenvalue weighted by atomic mass is 19.1. The molecule has 0 saturated heterocycles. The molecule has 0 bridgehead atoms. The average molecular weight is 202 g/mol. The number of hydrogen-bond donors (Lipinski definition) is 0. The van der Waals surface area contributed by atoms with Crippen molar-refractivity contribution in [1.29, 1.82) is 0 Å². The van der Waals surface area contributed by atoms with Crippen LogP contribution in [0.4, 0.5) is 4.39 Å². The van der Waals surface area contributed by atoms with Crippen LogP contribution in [0.2, 0.25) is 0 Å². The summed E-state index contributed by atoms with van der Waals surface area (Å²) in [6.07, 6.45) is 0. The van der Waals surface area contributed by atoms with Gasteiger partial charge in [0.15, 0.2) is 0 Å². The van der Waals surface area contributed by atoms with E-state index in [9.17, 15) is 4.39 Å². The normalized spacial score (nSPS) is 10.3. The minimum atomic E-state index is -0.485. The number of benzene rings is 1. The molecule has 76 valence electrons. The Kier molecular flexibility index (Phi) is 2.46. The van der Waals surface area contributed by atoms with E-state index in [0.29, 0.717) is 11.5 Å². The Bertz CT molecular complexity index is 474. The van der Waals surface area contributed by atoms with Gasteiger partial charge in [-0.1, -0.05) is 24.3 Å². The molecule has 0 radical (unpaired) electrons. The van der Waals surface area contributed by atoms with Gasteiger partial charge in [0.1, 0.15) is 5.82 Å². The fourth-order valence-corrected chi connectivity index (χ4v) is 1.53. The molecule has 0 amide bonds. The van der Waals surface area contributed by atoms with Crippen LogP contribution in [0.5, 0.6) is 0 Å². The van der Waals surface area contributed by atoms with Crippen LogP contribution in [0.25, 0.3) is 11.3 Å². The van der Waals surface area contributed by atoms with Crippen molar-refractivity contribution in [2.24, 2.45) is 0 Å². The van der Waals surface area contributed by atoms with Gasteiger partial charge in [-0.05, 0) is 19.4 Å². The Morgan fingerprint density at radius 2 is 1.80 bits per heavy atom. The van der Waals surface area contributed by atoms with Gasteiger partial charge in [-0.15, -0.1) is 0 Å². The number of halogens is 1. The summed E-state index contributed by atoms with van der Waals surface area (Å²) in [5, 5.41) is 0. The Morgan fingerprint density at radius 1 is 1.07 bits per heavy atom. The van der Waals surface area contributed by atoms with Crippen LogP contribution in [0.15, 0.2) is 30.3 Å². The topological polar surface area (TPSA) is 25.8 Å². The first kappa shape index (κ1) is 9.77. The Morgan fingerprint density at radius 3 is 2.47 bits per heavy atom. The molecule has 0 fully saturated rings. The zero-order chi connectivity index (χ0) is 10.8. The fourth-order valence-electron chi connectivity index (χ4n) is 1.53. The minimum Gasteiger partial charge on any atom is -0.233 e. The second kappa shape index (κ2) is 3.77. The second-order valence-electron chi connectivity index (χ2n) is 3.44. The molecule has 15 heavy (non-hydrogen) atoms. The molecule has 0 spiro atoms. The van der Waals surface area contributed by atoms with E-state index < -0.39 is 5.95 Å². The fraction of sp³-hybridized carbons (Fsp3) is 0.167. The molecule has 0 unspecified atom stereocenters. The maximum Gasteiger partial charge on any atom is 0.216 e. The molecular formula is C12H11FN2. The van der Waals surface area contributed by atoms with E-state index >= 15 is 0 Å². The van der Waals surface area contributed by atoms with Gasteiger partial charge in [0.25, 0.3) is 0 Å². The number of aromatic nitrogens is 2. The van der Waals surface area contributed by atoms with Gasteiger partial charge in [0.2, 0.25) is 5.95 Å². The highest BCUT2D eigenvalue weighted by molar-refractivity contribution is 5.62. The SMILES string of the molecule is Cc1nc(F)cc(-c2ccccc2C)n1. The van der Waals surface area contributed by atoms with Gasteiger partial charge in [-0.2, -0.15) is 4.39 Å². The largest absolute Gasteiger partial charge is 0.233 e. The summed E-state index contributed by atoms with van der Waals surface area (Å²) < 4.78 is 13.1. The molecule has 2 aromatic rings. The van der Waals surface area contributed by atoms with E-state index in [2.05, 4.69) is 9.97 Å². The third-order valence-corrected chi connectivity index (χ3v) is 2.23. The van der Waals surface area contributed by atoms with Gasteiger partial charge in [-0.3, -0.25) is 0 Å². The predicted octanol–water partition coefficient (Wildman–Crippen LogP) is 2.90. The third kappa shape index (κ3) is 2.01. The van der Waals surface area contributed by atoms with E-state index in [0.717, 1.165) is 11.1 Å².